The quantitative estimate of drug-likeness (QED) is 0.254. The van der Waals surface area contributed by atoms with Gasteiger partial charge in [-0.3, -0.25) is 9.78 Å². The van der Waals surface area contributed by atoms with Gasteiger partial charge < -0.3 is 9.30 Å². The number of hydrogen-bond donors (Lipinski definition) is 1. The average molecular weight is 446 g/mol. The summed E-state index contributed by atoms with van der Waals surface area (Å²) in [6.45, 7) is 0.0101. The number of nitrogens with zero attached hydrogens (tertiary/aromatic N) is 3. The zero-order valence-corrected chi connectivity index (χ0v) is 16.2. The van der Waals surface area contributed by atoms with Crippen molar-refractivity contribution in [3.8, 4) is 11.5 Å². The SMILES string of the molecule is O=C(OCCSSCCn1c2nc(=O)[nH]c(=O)c-2nc2ccccc21)C(F)(F)F. The zero-order chi connectivity index (χ0) is 21.0. The molecule has 1 aromatic carbocycles. The Morgan fingerprint density at radius 1 is 1.14 bits per heavy atom. The number of ether oxygens (including phenoxy) is 1. The Hall–Kier alpha value is -2.54. The summed E-state index contributed by atoms with van der Waals surface area (Å²) in [6, 6.07) is 7.06. The summed E-state index contributed by atoms with van der Waals surface area (Å²) in [6.07, 6.45) is -5.00. The summed E-state index contributed by atoms with van der Waals surface area (Å²) in [7, 11) is 2.58. The molecule has 0 unspecified atom stereocenters. The smallest absolute Gasteiger partial charge is 0.458 e. The van der Waals surface area contributed by atoms with E-state index in [2.05, 4.69) is 19.7 Å². The number of aromatic amines is 1. The van der Waals surface area contributed by atoms with Gasteiger partial charge in [0.1, 0.15) is 6.61 Å². The minimum absolute atomic E-state index is 0.0417. The summed E-state index contributed by atoms with van der Waals surface area (Å²) in [4.78, 5) is 44.5. The largest absolute Gasteiger partial charge is 0.490 e. The molecular weight excluding hydrogens is 433 g/mol. The van der Waals surface area contributed by atoms with E-state index >= 15 is 0 Å². The van der Waals surface area contributed by atoms with Crippen molar-refractivity contribution in [3.05, 3.63) is 45.1 Å². The maximum atomic E-state index is 12.1. The minimum atomic E-state index is -5.00. The molecule has 1 aromatic rings. The third kappa shape index (κ3) is 5.09. The van der Waals surface area contributed by atoms with Crippen molar-refractivity contribution in [2.24, 2.45) is 0 Å². The molecule has 8 nitrogen and oxygen atoms in total. The van der Waals surface area contributed by atoms with E-state index in [1.54, 1.807) is 28.8 Å². The van der Waals surface area contributed by atoms with Crippen LogP contribution in [-0.4, -0.2) is 49.8 Å². The van der Waals surface area contributed by atoms with Crippen molar-refractivity contribution in [2.45, 2.75) is 12.7 Å². The molecule has 0 bridgehead atoms. The molecule has 0 saturated carbocycles. The number of aryl methyl sites for hydroxylation is 1. The van der Waals surface area contributed by atoms with Crippen LogP contribution in [0.3, 0.4) is 0 Å². The van der Waals surface area contributed by atoms with Gasteiger partial charge in [-0.1, -0.05) is 33.7 Å². The number of fused-ring (bicyclic) bond motifs is 2. The highest BCUT2D eigenvalue weighted by atomic mass is 33.1. The topological polar surface area (TPSA) is 107 Å². The van der Waals surface area contributed by atoms with Crippen molar-refractivity contribution in [1.82, 2.24) is 19.5 Å². The molecule has 0 aromatic heterocycles. The lowest BCUT2D eigenvalue weighted by atomic mass is 10.2. The Bertz CT molecular complexity index is 1120. The maximum Gasteiger partial charge on any atom is 0.490 e. The van der Waals surface area contributed by atoms with Crippen LogP contribution in [0, 0.1) is 0 Å². The number of halogens is 3. The number of carbonyl (C=O) groups is 1. The molecular formula is C16H13F3N4O4S2. The molecule has 0 fully saturated rings. The normalized spacial score (nSPS) is 11.8. The lowest BCUT2D eigenvalue weighted by Crippen LogP contribution is -2.29. The van der Waals surface area contributed by atoms with Crippen molar-refractivity contribution in [2.75, 3.05) is 18.1 Å². The Labute approximate surface area is 168 Å². The second-order valence-electron chi connectivity index (χ2n) is 5.57. The summed E-state index contributed by atoms with van der Waals surface area (Å²) in [5.74, 6) is -1.38. The maximum absolute atomic E-state index is 12.1. The third-order valence-electron chi connectivity index (χ3n) is 3.63. The van der Waals surface area contributed by atoms with E-state index in [1.165, 1.54) is 21.6 Å². The van der Waals surface area contributed by atoms with E-state index in [9.17, 15) is 27.6 Å². The van der Waals surface area contributed by atoms with E-state index in [4.69, 9.17) is 0 Å². The molecule has 0 atom stereocenters. The number of esters is 1. The van der Waals surface area contributed by atoms with Crippen molar-refractivity contribution < 1.29 is 22.7 Å². The molecule has 1 N–H and O–H groups in total. The molecule has 2 aliphatic rings. The summed E-state index contributed by atoms with van der Waals surface area (Å²) >= 11 is 0. The number of benzene rings is 1. The van der Waals surface area contributed by atoms with Gasteiger partial charge in [-0.15, -0.1) is 0 Å². The second-order valence-corrected chi connectivity index (χ2v) is 8.28. The Morgan fingerprint density at radius 2 is 1.86 bits per heavy atom. The standard InChI is InChI=1S/C16H13F3N4O4S2/c17-16(18,19)14(25)27-6-8-29-28-7-5-23-10-4-2-1-3-9(10)20-11-12(23)21-15(26)22-13(11)24/h1-4H,5-8H2,(H,22,24,26). The van der Waals surface area contributed by atoms with E-state index < -0.39 is 23.4 Å². The fraction of sp³-hybridized carbons (Fsp3) is 0.312. The van der Waals surface area contributed by atoms with Crippen LogP contribution in [0.25, 0.3) is 22.6 Å². The number of H-pyrrole nitrogens is 1. The molecule has 13 heteroatoms. The summed E-state index contributed by atoms with van der Waals surface area (Å²) in [5, 5.41) is 0. The van der Waals surface area contributed by atoms with Crippen molar-refractivity contribution in [3.63, 3.8) is 0 Å². The van der Waals surface area contributed by atoms with Crippen LogP contribution in [0.4, 0.5) is 13.2 Å². The molecule has 0 amide bonds. The van der Waals surface area contributed by atoms with Crippen LogP contribution in [0.2, 0.25) is 0 Å². The first-order chi connectivity index (χ1) is 13.8. The van der Waals surface area contributed by atoms with Crippen molar-refractivity contribution >= 4 is 38.6 Å². The molecule has 154 valence electrons. The van der Waals surface area contributed by atoms with Crippen LogP contribution >= 0.6 is 21.6 Å². The van der Waals surface area contributed by atoms with Gasteiger partial charge in [0.05, 0.1) is 11.0 Å². The Kier molecular flexibility index (Phi) is 6.47. The number of carbonyl (C=O) groups excluding carboxylic acids is 1. The van der Waals surface area contributed by atoms with Gasteiger partial charge in [0.15, 0.2) is 11.5 Å². The Balaban J connectivity index is 1.66. The zero-order valence-electron chi connectivity index (χ0n) is 14.6. The van der Waals surface area contributed by atoms with Crippen LogP contribution in [0.1, 0.15) is 0 Å². The van der Waals surface area contributed by atoms with Crippen molar-refractivity contribution in [1.29, 1.82) is 0 Å². The summed E-state index contributed by atoms with van der Waals surface area (Å²) < 4.78 is 41.9. The van der Waals surface area contributed by atoms with Gasteiger partial charge in [0.2, 0.25) is 0 Å². The first kappa shape index (κ1) is 21.2. The molecule has 0 spiro atoms. The third-order valence-corrected chi connectivity index (χ3v) is 5.98. The molecule has 2 aliphatic heterocycles. The highest BCUT2D eigenvalue weighted by molar-refractivity contribution is 8.76. The predicted octanol–water partition coefficient (Wildman–Crippen LogP) is 2.07. The predicted molar refractivity (Wildman–Crippen MR) is 103 cm³/mol. The first-order valence-corrected chi connectivity index (χ1v) is 10.6. The van der Waals surface area contributed by atoms with Crippen LogP contribution in [0.15, 0.2) is 33.9 Å². The number of aromatic nitrogens is 4. The van der Waals surface area contributed by atoms with Gasteiger partial charge >= 0.3 is 17.8 Å². The fourth-order valence-corrected chi connectivity index (χ4v) is 4.25. The summed E-state index contributed by atoms with van der Waals surface area (Å²) in [5.41, 5.74) is -0.125. The average Bonchev–Trinajstić information content (AvgIpc) is 2.66. The van der Waals surface area contributed by atoms with Gasteiger partial charge in [-0.05, 0) is 12.1 Å². The van der Waals surface area contributed by atoms with Gasteiger partial charge in [-0.2, -0.15) is 18.2 Å². The molecule has 29 heavy (non-hydrogen) atoms. The van der Waals surface area contributed by atoms with E-state index in [-0.39, 0.29) is 23.9 Å². The highest BCUT2D eigenvalue weighted by Gasteiger charge is 2.40. The minimum Gasteiger partial charge on any atom is -0.458 e. The Morgan fingerprint density at radius 3 is 2.62 bits per heavy atom. The molecule has 2 heterocycles. The van der Waals surface area contributed by atoms with Gasteiger partial charge in [-0.25, -0.2) is 14.6 Å². The molecule has 0 radical (unpaired) electrons. The number of rotatable bonds is 7. The van der Waals surface area contributed by atoms with Crippen LogP contribution in [-0.2, 0) is 16.1 Å². The number of hydrogen-bond acceptors (Lipinski definition) is 8. The molecule has 0 saturated heterocycles. The van der Waals surface area contributed by atoms with Crippen LogP contribution in [0.5, 0.6) is 0 Å². The number of para-hydroxylation sites is 2. The lowest BCUT2D eigenvalue weighted by molar-refractivity contribution is -0.199. The highest BCUT2D eigenvalue weighted by Crippen LogP contribution is 2.25. The number of nitrogens with one attached hydrogen (secondary N) is 1. The fourth-order valence-electron chi connectivity index (χ4n) is 2.47. The van der Waals surface area contributed by atoms with Crippen LogP contribution < -0.4 is 11.2 Å². The van der Waals surface area contributed by atoms with Gasteiger partial charge in [0.25, 0.3) is 5.56 Å². The second kappa shape index (κ2) is 8.86. The van der Waals surface area contributed by atoms with E-state index in [1.807, 2.05) is 0 Å². The van der Waals surface area contributed by atoms with E-state index in [0.29, 0.717) is 23.3 Å². The monoisotopic (exact) mass is 446 g/mol. The van der Waals surface area contributed by atoms with E-state index in [0.717, 1.165) is 0 Å². The van der Waals surface area contributed by atoms with Gasteiger partial charge in [0, 0.05) is 18.1 Å². The lowest BCUT2D eigenvalue weighted by Gasteiger charge is -2.16. The first-order valence-electron chi connectivity index (χ1n) is 8.15. The number of alkyl halides is 3. The molecule has 0 aliphatic carbocycles. The molecule has 3 rings (SSSR count).